The maximum atomic E-state index is 5.49. The van der Waals surface area contributed by atoms with E-state index in [9.17, 15) is 0 Å². The van der Waals surface area contributed by atoms with E-state index in [0.29, 0.717) is 5.92 Å². The van der Waals surface area contributed by atoms with Crippen molar-refractivity contribution in [2.75, 3.05) is 6.61 Å². The van der Waals surface area contributed by atoms with Crippen molar-refractivity contribution in [3.63, 3.8) is 0 Å². The molecule has 0 atom stereocenters. The predicted octanol–water partition coefficient (Wildman–Crippen LogP) is 3.30. The van der Waals surface area contributed by atoms with Gasteiger partial charge >= 0.3 is 0 Å². The van der Waals surface area contributed by atoms with Gasteiger partial charge in [0.05, 0.1) is 6.10 Å². The Balaban J connectivity index is 2.05. The molecule has 15 heavy (non-hydrogen) atoms. The number of benzene rings is 1. The highest BCUT2D eigenvalue weighted by Crippen LogP contribution is 2.22. The summed E-state index contributed by atoms with van der Waals surface area (Å²) < 4.78 is 5.49. The molecule has 0 heterocycles. The van der Waals surface area contributed by atoms with E-state index in [2.05, 4.69) is 48.6 Å². The Kier molecular flexibility index (Phi) is 3.36. The van der Waals surface area contributed by atoms with Gasteiger partial charge in [0.1, 0.15) is 0 Å². The van der Waals surface area contributed by atoms with Gasteiger partial charge in [0.15, 0.2) is 0 Å². The van der Waals surface area contributed by atoms with E-state index >= 15 is 0 Å². The minimum Gasteiger partial charge on any atom is -0.370 e. The summed E-state index contributed by atoms with van der Waals surface area (Å²) in [6.45, 7) is 2.78. The van der Waals surface area contributed by atoms with Crippen molar-refractivity contribution in [2.45, 2.75) is 18.9 Å². The molecule has 0 unspecified atom stereocenters. The van der Waals surface area contributed by atoms with Crippen LogP contribution in [0.5, 0.6) is 0 Å². The minimum atomic E-state index is 0.162. The molecule has 0 bridgehead atoms. The van der Waals surface area contributed by atoms with Gasteiger partial charge in [-0.3, -0.25) is 0 Å². The fourth-order valence-electron chi connectivity index (χ4n) is 1.79. The zero-order chi connectivity index (χ0) is 10.5. The Bertz CT molecular complexity index is 337. The maximum Gasteiger partial charge on any atom is 0.0937 e. The van der Waals surface area contributed by atoms with E-state index in [1.54, 1.807) is 0 Å². The molecule has 1 aromatic carbocycles. The smallest absolute Gasteiger partial charge is 0.0937 e. The summed E-state index contributed by atoms with van der Waals surface area (Å²) in [5, 5.41) is 0. The van der Waals surface area contributed by atoms with Crippen LogP contribution in [0.4, 0.5) is 0 Å². The molecule has 0 aromatic heterocycles. The minimum absolute atomic E-state index is 0.162. The lowest BCUT2D eigenvalue weighted by Crippen LogP contribution is -2.10. The number of ether oxygens (including phenoxy) is 1. The topological polar surface area (TPSA) is 9.23 Å². The predicted molar refractivity (Wildman–Crippen MR) is 62.9 cm³/mol. The molecule has 78 valence electrons. The van der Waals surface area contributed by atoms with Crippen LogP contribution >= 0.6 is 0 Å². The molecule has 0 saturated heterocycles. The molecule has 1 nitrogen and oxygen atoms in total. The van der Waals surface area contributed by atoms with E-state index in [4.69, 9.17) is 4.74 Å². The van der Waals surface area contributed by atoms with Crippen molar-refractivity contribution < 1.29 is 4.74 Å². The Morgan fingerprint density at radius 1 is 1.00 bits per heavy atom. The van der Waals surface area contributed by atoms with Crippen LogP contribution in [0, 0.1) is 0 Å². The van der Waals surface area contributed by atoms with Gasteiger partial charge in [-0.25, -0.2) is 0 Å². The second-order valence-corrected chi connectivity index (χ2v) is 3.63. The molecule has 1 aromatic rings. The van der Waals surface area contributed by atoms with Crippen LogP contribution in [-0.2, 0) is 4.74 Å². The molecule has 1 aliphatic rings. The highest BCUT2D eigenvalue weighted by Gasteiger charge is 2.10. The van der Waals surface area contributed by atoms with Gasteiger partial charge in [0.2, 0.25) is 0 Å². The lowest BCUT2D eigenvalue weighted by atomic mass is 9.94. The van der Waals surface area contributed by atoms with Gasteiger partial charge in [-0.05, 0) is 12.5 Å². The second-order valence-electron chi connectivity index (χ2n) is 3.63. The number of rotatable bonds is 3. The lowest BCUT2D eigenvalue weighted by molar-refractivity contribution is 0.127. The molecule has 1 aliphatic carbocycles. The first-order valence-electron chi connectivity index (χ1n) is 5.43. The molecule has 2 rings (SSSR count). The molecule has 0 fully saturated rings. The average Bonchev–Trinajstić information content (AvgIpc) is 2.32. The van der Waals surface area contributed by atoms with Crippen molar-refractivity contribution in [3.8, 4) is 0 Å². The summed E-state index contributed by atoms with van der Waals surface area (Å²) in [5.74, 6) is 0.405. The van der Waals surface area contributed by atoms with Gasteiger partial charge in [-0.1, -0.05) is 54.6 Å². The fraction of sp³-hybridized carbons (Fsp3) is 0.286. The van der Waals surface area contributed by atoms with Crippen LogP contribution in [0.1, 0.15) is 18.4 Å². The Morgan fingerprint density at radius 3 is 2.27 bits per heavy atom. The van der Waals surface area contributed by atoms with Crippen molar-refractivity contribution in [1.82, 2.24) is 0 Å². The van der Waals surface area contributed by atoms with E-state index in [1.807, 2.05) is 13.0 Å². The van der Waals surface area contributed by atoms with Gasteiger partial charge < -0.3 is 4.74 Å². The zero-order valence-corrected chi connectivity index (χ0v) is 8.97. The Hall–Kier alpha value is -1.34. The summed E-state index contributed by atoms with van der Waals surface area (Å²) in [6, 6.07) is 10.5. The molecule has 0 amide bonds. The van der Waals surface area contributed by atoms with Crippen molar-refractivity contribution in [3.05, 3.63) is 60.2 Å². The normalized spacial score (nSPS) is 24.3. The third-order valence-corrected chi connectivity index (χ3v) is 2.56. The van der Waals surface area contributed by atoms with E-state index in [-0.39, 0.29) is 6.10 Å². The number of hydrogen-bond donors (Lipinski definition) is 0. The molecule has 1 heteroatoms. The maximum absolute atomic E-state index is 5.49. The highest BCUT2D eigenvalue weighted by molar-refractivity contribution is 5.32. The Labute approximate surface area is 91.1 Å². The molecule has 0 aliphatic heterocycles. The average molecular weight is 200 g/mol. The van der Waals surface area contributed by atoms with Crippen LogP contribution < -0.4 is 0 Å². The largest absolute Gasteiger partial charge is 0.370 e. The Morgan fingerprint density at radius 2 is 1.67 bits per heavy atom. The molecule has 0 spiro atoms. The standard InChI is InChI=1S/C14H16O/c1-2-15-14-10-8-13(9-11-14)12-6-4-3-5-7-12/h3-11,13-14H,2H2,1H3. The van der Waals surface area contributed by atoms with Crippen LogP contribution in [0.2, 0.25) is 0 Å². The molecular weight excluding hydrogens is 184 g/mol. The SMILES string of the molecule is CCOC1C=CC(c2ccccc2)C=C1. The third-order valence-electron chi connectivity index (χ3n) is 2.56. The van der Waals surface area contributed by atoms with Crippen LogP contribution in [-0.4, -0.2) is 12.7 Å². The first-order chi connectivity index (χ1) is 7.40. The van der Waals surface area contributed by atoms with Crippen LogP contribution in [0.25, 0.3) is 0 Å². The molecular formula is C14H16O. The van der Waals surface area contributed by atoms with Crippen molar-refractivity contribution in [2.24, 2.45) is 0 Å². The van der Waals surface area contributed by atoms with Gasteiger partial charge in [0, 0.05) is 12.5 Å². The lowest BCUT2D eigenvalue weighted by Gasteiger charge is -2.16. The summed E-state index contributed by atoms with van der Waals surface area (Å²) in [6.07, 6.45) is 8.82. The van der Waals surface area contributed by atoms with Crippen LogP contribution in [0.3, 0.4) is 0 Å². The molecule has 0 saturated carbocycles. The van der Waals surface area contributed by atoms with Crippen molar-refractivity contribution in [1.29, 1.82) is 0 Å². The fourth-order valence-corrected chi connectivity index (χ4v) is 1.79. The summed E-state index contributed by atoms with van der Waals surface area (Å²) in [5.41, 5.74) is 1.33. The first kappa shape index (κ1) is 10.2. The molecule has 0 N–H and O–H groups in total. The number of allylic oxidation sites excluding steroid dienone is 2. The van der Waals surface area contributed by atoms with Gasteiger partial charge in [-0.2, -0.15) is 0 Å². The van der Waals surface area contributed by atoms with Crippen LogP contribution in [0.15, 0.2) is 54.6 Å². The zero-order valence-electron chi connectivity index (χ0n) is 8.97. The summed E-state index contributed by atoms with van der Waals surface area (Å²) in [4.78, 5) is 0. The second kappa shape index (κ2) is 4.94. The van der Waals surface area contributed by atoms with E-state index in [1.165, 1.54) is 5.56 Å². The summed E-state index contributed by atoms with van der Waals surface area (Å²) >= 11 is 0. The van der Waals surface area contributed by atoms with E-state index in [0.717, 1.165) is 6.61 Å². The van der Waals surface area contributed by atoms with Gasteiger partial charge in [0.25, 0.3) is 0 Å². The quantitative estimate of drug-likeness (QED) is 0.680. The molecule has 0 radical (unpaired) electrons. The van der Waals surface area contributed by atoms with Gasteiger partial charge in [-0.15, -0.1) is 0 Å². The third kappa shape index (κ3) is 2.57. The monoisotopic (exact) mass is 200 g/mol. The summed E-state index contributed by atoms with van der Waals surface area (Å²) in [7, 11) is 0. The number of hydrogen-bond acceptors (Lipinski definition) is 1. The first-order valence-corrected chi connectivity index (χ1v) is 5.43. The van der Waals surface area contributed by atoms with E-state index < -0.39 is 0 Å². The van der Waals surface area contributed by atoms with Crippen molar-refractivity contribution >= 4 is 0 Å². The highest BCUT2D eigenvalue weighted by atomic mass is 16.5.